The summed E-state index contributed by atoms with van der Waals surface area (Å²) in [6.07, 6.45) is 7.27. The molecular formula is C23H21N3S. The Morgan fingerprint density at radius 1 is 0.963 bits per heavy atom. The molecule has 5 rings (SSSR count). The largest absolute Gasteiger partial charge is 0.345 e. The average molecular weight is 372 g/mol. The van der Waals surface area contributed by atoms with Gasteiger partial charge in [-0.3, -0.25) is 4.98 Å². The lowest BCUT2D eigenvalue weighted by atomic mass is 10.0. The standard InChI is InChI=1S/C23H21N3S/c1-2-5-17(6-3-1)15-20-7-4-14-26(20)23-25-21-9-8-19(16-22(21)27-23)18-10-12-24-13-11-18/h1-3,5-6,8-13,16,20H,4,7,14-15H2. The smallest absolute Gasteiger partial charge is 0.186 e. The van der Waals surface area contributed by atoms with Gasteiger partial charge in [-0.05, 0) is 60.2 Å². The Balaban J connectivity index is 1.44. The minimum atomic E-state index is 0.549. The molecule has 1 aliphatic rings. The molecule has 1 saturated heterocycles. The normalized spacial score (nSPS) is 16.9. The Morgan fingerprint density at radius 2 is 1.81 bits per heavy atom. The van der Waals surface area contributed by atoms with Crippen molar-refractivity contribution >= 4 is 26.7 Å². The van der Waals surface area contributed by atoms with Gasteiger partial charge in [-0.15, -0.1) is 0 Å². The Bertz CT molecular complexity index is 1040. The number of benzene rings is 2. The van der Waals surface area contributed by atoms with Crippen LogP contribution in [0.25, 0.3) is 21.3 Å². The minimum absolute atomic E-state index is 0.549. The topological polar surface area (TPSA) is 29.0 Å². The summed E-state index contributed by atoms with van der Waals surface area (Å²) in [6, 6.07) is 22.0. The molecule has 4 aromatic rings. The molecule has 1 fully saturated rings. The molecule has 1 unspecified atom stereocenters. The van der Waals surface area contributed by atoms with E-state index in [1.807, 2.05) is 23.7 Å². The van der Waals surface area contributed by atoms with Crippen LogP contribution < -0.4 is 4.90 Å². The summed E-state index contributed by atoms with van der Waals surface area (Å²) in [5, 5.41) is 1.16. The summed E-state index contributed by atoms with van der Waals surface area (Å²) in [6.45, 7) is 1.11. The Hall–Kier alpha value is -2.72. The van der Waals surface area contributed by atoms with Gasteiger partial charge in [-0.1, -0.05) is 47.7 Å². The summed E-state index contributed by atoms with van der Waals surface area (Å²) >= 11 is 1.82. The number of hydrogen-bond acceptors (Lipinski definition) is 4. The van der Waals surface area contributed by atoms with Gasteiger partial charge < -0.3 is 4.90 Å². The lowest BCUT2D eigenvalue weighted by molar-refractivity contribution is 0.662. The van der Waals surface area contributed by atoms with Crippen LogP contribution in [0.3, 0.4) is 0 Å². The molecule has 134 valence electrons. The lowest BCUT2D eigenvalue weighted by Crippen LogP contribution is -2.30. The van der Waals surface area contributed by atoms with Crippen molar-refractivity contribution in [3.05, 3.63) is 78.6 Å². The van der Waals surface area contributed by atoms with E-state index >= 15 is 0 Å². The summed E-state index contributed by atoms with van der Waals surface area (Å²) in [4.78, 5) is 11.6. The van der Waals surface area contributed by atoms with Gasteiger partial charge in [-0.2, -0.15) is 0 Å². The molecule has 2 aromatic carbocycles. The number of pyridine rings is 1. The number of hydrogen-bond donors (Lipinski definition) is 0. The van der Waals surface area contributed by atoms with Gasteiger partial charge in [0.2, 0.25) is 0 Å². The van der Waals surface area contributed by atoms with Crippen LogP contribution in [-0.2, 0) is 6.42 Å². The quantitative estimate of drug-likeness (QED) is 0.470. The van der Waals surface area contributed by atoms with Crippen LogP contribution >= 0.6 is 11.3 Å². The van der Waals surface area contributed by atoms with E-state index in [9.17, 15) is 0 Å². The van der Waals surface area contributed by atoms with Crippen molar-refractivity contribution in [3.8, 4) is 11.1 Å². The maximum absolute atomic E-state index is 4.95. The average Bonchev–Trinajstić information content (AvgIpc) is 3.35. The van der Waals surface area contributed by atoms with Gasteiger partial charge in [0.1, 0.15) is 0 Å². The van der Waals surface area contributed by atoms with E-state index in [4.69, 9.17) is 4.98 Å². The minimum Gasteiger partial charge on any atom is -0.345 e. The number of anilines is 1. The molecule has 2 aromatic heterocycles. The Morgan fingerprint density at radius 3 is 2.67 bits per heavy atom. The maximum atomic E-state index is 4.95. The first-order valence-corrected chi connectivity index (χ1v) is 10.3. The van der Waals surface area contributed by atoms with Crippen molar-refractivity contribution in [1.82, 2.24) is 9.97 Å². The molecule has 0 radical (unpaired) electrons. The molecule has 3 heterocycles. The van der Waals surface area contributed by atoms with Gasteiger partial charge in [0.05, 0.1) is 10.2 Å². The monoisotopic (exact) mass is 371 g/mol. The second kappa shape index (κ2) is 7.12. The molecule has 0 saturated carbocycles. The molecule has 3 nitrogen and oxygen atoms in total. The summed E-state index contributed by atoms with van der Waals surface area (Å²) in [5.41, 5.74) is 4.93. The zero-order valence-corrected chi connectivity index (χ0v) is 15.9. The van der Waals surface area contributed by atoms with E-state index in [1.165, 1.54) is 34.2 Å². The van der Waals surface area contributed by atoms with Crippen LogP contribution in [0.4, 0.5) is 5.13 Å². The third-order valence-electron chi connectivity index (χ3n) is 5.33. The molecule has 0 spiro atoms. The highest BCUT2D eigenvalue weighted by atomic mass is 32.1. The first-order valence-electron chi connectivity index (χ1n) is 9.48. The second-order valence-electron chi connectivity index (χ2n) is 7.09. The predicted molar refractivity (Wildman–Crippen MR) is 113 cm³/mol. The zero-order chi connectivity index (χ0) is 18.1. The van der Waals surface area contributed by atoms with Gasteiger partial charge in [0.25, 0.3) is 0 Å². The molecular weight excluding hydrogens is 350 g/mol. The summed E-state index contributed by atoms with van der Waals surface area (Å²) in [7, 11) is 0. The Kier molecular flexibility index (Phi) is 4.34. The first kappa shape index (κ1) is 16.5. The number of thiazole rings is 1. The van der Waals surface area contributed by atoms with Crippen molar-refractivity contribution in [3.63, 3.8) is 0 Å². The van der Waals surface area contributed by atoms with E-state index in [0.29, 0.717) is 6.04 Å². The van der Waals surface area contributed by atoms with Crippen LogP contribution in [0.5, 0.6) is 0 Å². The second-order valence-corrected chi connectivity index (χ2v) is 8.10. The van der Waals surface area contributed by atoms with Crippen LogP contribution in [0.1, 0.15) is 18.4 Å². The number of nitrogens with zero attached hydrogens (tertiary/aromatic N) is 3. The van der Waals surface area contributed by atoms with Gasteiger partial charge in [0, 0.05) is 25.0 Å². The van der Waals surface area contributed by atoms with Crippen LogP contribution in [0.15, 0.2) is 73.1 Å². The van der Waals surface area contributed by atoms with Crippen molar-refractivity contribution in [1.29, 1.82) is 0 Å². The number of fused-ring (bicyclic) bond motifs is 1. The molecule has 1 atom stereocenters. The van der Waals surface area contributed by atoms with Crippen molar-refractivity contribution in [2.45, 2.75) is 25.3 Å². The van der Waals surface area contributed by atoms with Crippen molar-refractivity contribution < 1.29 is 0 Å². The number of rotatable bonds is 4. The highest BCUT2D eigenvalue weighted by molar-refractivity contribution is 7.22. The first-order chi connectivity index (χ1) is 13.4. The van der Waals surface area contributed by atoms with Gasteiger partial charge in [-0.25, -0.2) is 4.98 Å². The van der Waals surface area contributed by atoms with Crippen LogP contribution in [-0.4, -0.2) is 22.6 Å². The van der Waals surface area contributed by atoms with Gasteiger partial charge in [0.15, 0.2) is 5.13 Å². The summed E-state index contributed by atoms with van der Waals surface area (Å²) in [5.74, 6) is 0. The van der Waals surface area contributed by atoms with E-state index < -0.39 is 0 Å². The molecule has 0 aliphatic carbocycles. The van der Waals surface area contributed by atoms with E-state index in [0.717, 1.165) is 23.6 Å². The number of aromatic nitrogens is 2. The van der Waals surface area contributed by atoms with E-state index in [2.05, 4.69) is 70.5 Å². The fraction of sp³-hybridized carbons (Fsp3) is 0.217. The molecule has 0 bridgehead atoms. The fourth-order valence-corrected chi connectivity index (χ4v) is 5.05. The molecule has 0 N–H and O–H groups in total. The van der Waals surface area contributed by atoms with Crippen LogP contribution in [0.2, 0.25) is 0 Å². The molecule has 0 amide bonds. The maximum Gasteiger partial charge on any atom is 0.186 e. The SMILES string of the molecule is c1ccc(CC2CCCN2c2nc3ccc(-c4ccncc4)cc3s2)cc1. The third kappa shape index (κ3) is 3.33. The fourth-order valence-electron chi connectivity index (χ4n) is 3.95. The third-order valence-corrected chi connectivity index (χ3v) is 6.38. The lowest BCUT2D eigenvalue weighted by Gasteiger charge is -2.24. The zero-order valence-electron chi connectivity index (χ0n) is 15.1. The summed E-state index contributed by atoms with van der Waals surface area (Å²) < 4.78 is 1.25. The molecule has 27 heavy (non-hydrogen) atoms. The predicted octanol–water partition coefficient (Wildman–Crippen LogP) is 5.57. The highest BCUT2D eigenvalue weighted by Crippen LogP contribution is 2.36. The Labute approximate surface area is 163 Å². The van der Waals surface area contributed by atoms with E-state index in [-0.39, 0.29) is 0 Å². The molecule has 4 heteroatoms. The van der Waals surface area contributed by atoms with Crippen LogP contribution in [0, 0.1) is 0 Å². The van der Waals surface area contributed by atoms with E-state index in [1.54, 1.807) is 0 Å². The van der Waals surface area contributed by atoms with Crippen molar-refractivity contribution in [2.24, 2.45) is 0 Å². The van der Waals surface area contributed by atoms with Crippen molar-refractivity contribution in [2.75, 3.05) is 11.4 Å². The molecule has 1 aliphatic heterocycles. The van der Waals surface area contributed by atoms with Gasteiger partial charge >= 0.3 is 0 Å². The highest BCUT2D eigenvalue weighted by Gasteiger charge is 2.27.